The van der Waals surface area contributed by atoms with Gasteiger partial charge in [0.2, 0.25) is 5.76 Å². The van der Waals surface area contributed by atoms with Crippen molar-refractivity contribution >= 4 is 14.0 Å². The van der Waals surface area contributed by atoms with Crippen LogP contribution in [0.1, 0.15) is 25.8 Å². The number of hydrogen-bond acceptors (Lipinski definition) is 6. The highest BCUT2D eigenvalue weighted by Crippen LogP contribution is 2.34. The van der Waals surface area contributed by atoms with Crippen molar-refractivity contribution in [2.24, 2.45) is 0 Å². The SMILES string of the molecule is CC1(C)OCC(C2OC(=O)C(OCCC[Si](C)(C)C)=C2OCc2ccccc2)O1. The van der Waals surface area contributed by atoms with E-state index in [9.17, 15) is 4.79 Å². The first-order chi connectivity index (χ1) is 13.6. The van der Waals surface area contributed by atoms with Crippen molar-refractivity contribution in [1.29, 1.82) is 0 Å². The van der Waals surface area contributed by atoms with Crippen molar-refractivity contribution in [3.05, 3.63) is 47.4 Å². The zero-order valence-electron chi connectivity index (χ0n) is 18.0. The first kappa shape index (κ1) is 21.9. The van der Waals surface area contributed by atoms with Gasteiger partial charge in [0.05, 0.1) is 13.2 Å². The van der Waals surface area contributed by atoms with Crippen LogP contribution in [0.4, 0.5) is 0 Å². The summed E-state index contributed by atoms with van der Waals surface area (Å²) in [5.74, 6) is -0.657. The van der Waals surface area contributed by atoms with E-state index in [2.05, 4.69) is 19.6 Å². The molecule has 2 aliphatic rings. The van der Waals surface area contributed by atoms with E-state index in [-0.39, 0.29) is 5.76 Å². The molecule has 0 bridgehead atoms. The second kappa shape index (κ2) is 8.89. The summed E-state index contributed by atoms with van der Waals surface area (Å²) in [7, 11) is -1.16. The lowest BCUT2D eigenvalue weighted by molar-refractivity contribution is -0.164. The van der Waals surface area contributed by atoms with Crippen LogP contribution < -0.4 is 0 Å². The standard InChI is InChI=1S/C22H32O6Si/c1-22(2)26-15-17(28-22)18-19(25-14-16-10-7-6-8-11-16)20(21(23)27-18)24-12-9-13-29(3,4)5/h6-8,10-11,17-18H,9,12-15H2,1-5H3. The molecule has 6 nitrogen and oxygen atoms in total. The van der Waals surface area contributed by atoms with Crippen molar-refractivity contribution in [2.45, 2.75) is 70.6 Å². The number of cyclic esters (lactones) is 1. The number of carbonyl (C=O) groups is 1. The molecule has 160 valence electrons. The fourth-order valence-electron chi connectivity index (χ4n) is 3.35. The number of esters is 1. The molecule has 7 heteroatoms. The summed E-state index contributed by atoms with van der Waals surface area (Å²) in [4.78, 5) is 12.5. The number of rotatable bonds is 9. The molecule has 2 heterocycles. The van der Waals surface area contributed by atoms with Crippen LogP contribution in [0.25, 0.3) is 0 Å². The molecular formula is C22H32O6Si. The molecule has 0 amide bonds. The molecule has 1 saturated heterocycles. The van der Waals surface area contributed by atoms with Crippen molar-refractivity contribution in [3.63, 3.8) is 0 Å². The van der Waals surface area contributed by atoms with Crippen LogP contribution in [0.3, 0.4) is 0 Å². The first-order valence-electron chi connectivity index (χ1n) is 10.2. The van der Waals surface area contributed by atoms with E-state index in [1.165, 1.54) is 0 Å². The average Bonchev–Trinajstić information content (AvgIpc) is 3.16. The Balaban J connectivity index is 1.73. The third kappa shape index (κ3) is 6.07. The lowest BCUT2D eigenvalue weighted by Gasteiger charge is -2.22. The molecule has 2 unspecified atom stereocenters. The highest BCUT2D eigenvalue weighted by Gasteiger charge is 2.48. The summed E-state index contributed by atoms with van der Waals surface area (Å²) in [5.41, 5.74) is 1.00. The van der Waals surface area contributed by atoms with Crippen molar-refractivity contribution in [1.82, 2.24) is 0 Å². The molecule has 0 N–H and O–H groups in total. The lowest BCUT2D eigenvalue weighted by atomic mass is 10.1. The minimum absolute atomic E-state index is 0.162. The fourth-order valence-corrected chi connectivity index (χ4v) is 4.56. The molecule has 0 radical (unpaired) electrons. The van der Waals surface area contributed by atoms with E-state index in [0.717, 1.165) is 18.0 Å². The quantitative estimate of drug-likeness (QED) is 0.338. The molecular weight excluding hydrogens is 388 g/mol. The Morgan fingerprint density at radius 3 is 2.48 bits per heavy atom. The van der Waals surface area contributed by atoms with Gasteiger partial charge in [0.1, 0.15) is 12.7 Å². The maximum Gasteiger partial charge on any atom is 0.378 e. The number of hydrogen-bond donors (Lipinski definition) is 0. The Hall–Kier alpha value is -1.83. The van der Waals surface area contributed by atoms with Crippen LogP contribution in [0.2, 0.25) is 25.7 Å². The number of carbonyl (C=O) groups excluding carboxylic acids is 1. The summed E-state index contributed by atoms with van der Waals surface area (Å²) in [6.07, 6.45) is -0.193. The third-order valence-electron chi connectivity index (χ3n) is 4.82. The monoisotopic (exact) mass is 420 g/mol. The van der Waals surface area contributed by atoms with Crippen molar-refractivity contribution in [3.8, 4) is 0 Å². The van der Waals surface area contributed by atoms with Gasteiger partial charge in [0, 0.05) is 8.07 Å². The normalized spacial score (nSPS) is 24.0. The summed E-state index contributed by atoms with van der Waals surface area (Å²) in [6, 6.07) is 10.9. The van der Waals surface area contributed by atoms with Crippen LogP contribution in [0.5, 0.6) is 0 Å². The first-order valence-corrected chi connectivity index (χ1v) is 13.9. The Morgan fingerprint density at radius 1 is 1.14 bits per heavy atom. The van der Waals surface area contributed by atoms with Gasteiger partial charge in [0.15, 0.2) is 17.7 Å². The molecule has 0 aromatic heterocycles. The van der Waals surface area contributed by atoms with Gasteiger partial charge in [-0.2, -0.15) is 0 Å². The average molecular weight is 421 g/mol. The largest absolute Gasteiger partial charge is 0.485 e. The maximum absolute atomic E-state index is 12.5. The van der Waals surface area contributed by atoms with E-state index in [4.69, 9.17) is 23.7 Å². The maximum atomic E-state index is 12.5. The highest BCUT2D eigenvalue weighted by atomic mass is 28.3. The van der Waals surface area contributed by atoms with Crippen molar-refractivity contribution in [2.75, 3.05) is 13.2 Å². The topological polar surface area (TPSA) is 63.2 Å². The van der Waals surface area contributed by atoms with Gasteiger partial charge in [-0.25, -0.2) is 4.79 Å². The van der Waals surface area contributed by atoms with Gasteiger partial charge in [-0.3, -0.25) is 0 Å². The van der Waals surface area contributed by atoms with Crippen LogP contribution in [-0.4, -0.2) is 45.3 Å². The predicted molar refractivity (Wildman–Crippen MR) is 112 cm³/mol. The molecule has 0 saturated carbocycles. The molecule has 1 aromatic carbocycles. The molecule has 29 heavy (non-hydrogen) atoms. The van der Waals surface area contributed by atoms with E-state index in [0.29, 0.717) is 25.6 Å². The molecule has 0 aliphatic carbocycles. The van der Waals surface area contributed by atoms with Crippen molar-refractivity contribution < 1.29 is 28.5 Å². The van der Waals surface area contributed by atoms with Gasteiger partial charge in [-0.1, -0.05) is 56.0 Å². The summed E-state index contributed by atoms with van der Waals surface area (Å²) in [5, 5.41) is 0. The molecule has 1 aromatic rings. The summed E-state index contributed by atoms with van der Waals surface area (Å²) >= 11 is 0. The van der Waals surface area contributed by atoms with Crippen LogP contribution in [0, 0.1) is 0 Å². The zero-order valence-corrected chi connectivity index (χ0v) is 19.0. The lowest BCUT2D eigenvalue weighted by Crippen LogP contribution is -2.33. The number of benzene rings is 1. The van der Waals surface area contributed by atoms with Gasteiger partial charge in [-0.15, -0.1) is 0 Å². The Kier molecular flexibility index (Phi) is 6.71. The minimum atomic E-state index is -1.16. The second-order valence-electron chi connectivity index (χ2n) is 9.17. The third-order valence-corrected chi connectivity index (χ3v) is 6.68. The van der Waals surface area contributed by atoms with Gasteiger partial charge in [-0.05, 0) is 25.8 Å². The van der Waals surface area contributed by atoms with E-state index >= 15 is 0 Å². The van der Waals surface area contributed by atoms with E-state index in [1.807, 2.05) is 44.2 Å². The smallest absolute Gasteiger partial charge is 0.378 e. The van der Waals surface area contributed by atoms with E-state index in [1.54, 1.807) is 0 Å². The Bertz CT molecular complexity index is 737. The second-order valence-corrected chi connectivity index (χ2v) is 14.8. The zero-order chi connectivity index (χ0) is 21.1. The molecule has 0 spiro atoms. The van der Waals surface area contributed by atoms with Gasteiger partial charge < -0.3 is 23.7 Å². The Morgan fingerprint density at radius 2 is 1.86 bits per heavy atom. The predicted octanol–water partition coefficient (Wildman–Crippen LogP) is 4.24. The van der Waals surface area contributed by atoms with Gasteiger partial charge >= 0.3 is 5.97 Å². The molecule has 1 fully saturated rings. The molecule has 2 aliphatic heterocycles. The summed E-state index contributed by atoms with van der Waals surface area (Å²) < 4.78 is 29.1. The highest BCUT2D eigenvalue weighted by molar-refractivity contribution is 6.76. The minimum Gasteiger partial charge on any atom is -0.485 e. The Labute approximate surface area is 174 Å². The summed E-state index contributed by atoms with van der Waals surface area (Å²) in [6.45, 7) is 11.7. The number of ether oxygens (including phenoxy) is 5. The van der Waals surface area contributed by atoms with Crippen LogP contribution in [-0.2, 0) is 35.1 Å². The van der Waals surface area contributed by atoms with E-state index < -0.39 is 32.0 Å². The van der Waals surface area contributed by atoms with Gasteiger partial charge in [0.25, 0.3) is 0 Å². The van der Waals surface area contributed by atoms with Crippen LogP contribution >= 0.6 is 0 Å². The molecule has 3 rings (SSSR count). The fraction of sp³-hybridized carbons (Fsp3) is 0.591. The van der Waals surface area contributed by atoms with Crippen LogP contribution in [0.15, 0.2) is 41.9 Å². The molecule has 2 atom stereocenters.